The molecular weight excluding hydrogens is 252 g/mol. The van der Waals surface area contributed by atoms with Gasteiger partial charge in [0, 0.05) is 38.3 Å². The number of aliphatic hydroxyl groups excluding tert-OH is 2. The van der Waals surface area contributed by atoms with Gasteiger partial charge in [0.05, 0.1) is 13.2 Å². The van der Waals surface area contributed by atoms with Crippen LogP contribution in [-0.2, 0) is 0 Å². The summed E-state index contributed by atoms with van der Waals surface area (Å²) in [4.78, 5) is 5.05. The predicted octanol–water partition coefficient (Wildman–Crippen LogP) is 0.782. The molecule has 4 heteroatoms. The third kappa shape index (κ3) is 1.75. The molecule has 0 radical (unpaired) electrons. The molecule has 3 rings (SSSR count). The highest BCUT2D eigenvalue weighted by Gasteiger charge is 2.68. The summed E-state index contributed by atoms with van der Waals surface area (Å²) in [5.41, 5.74) is 0.694. The molecule has 1 heterocycles. The van der Waals surface area contributed by atoms with Gasteiger partial charge < -0.3 is 10.2 Å². The van der Waals surface area contributed by atoms with Crippen molar-refractivity contribution < 1.29 is 10.2 Å². The van der Waals surface area contributed by atoms with Crippen LogP contribution in [0.5, 0.6) is 0 Å². The van der Waals surface area contributed by atoms with Crippen LogP contribution >= 0.6 is 0 Å². The van der Waals surface area contributed by atoms with E-state index in [0.29, 0.717) is 22.9 Å². The van der Waals surface area contributed by atoms with Gasteiger partial charge in [-0.3, -0.25) is 9.80 Å². The summed E-state index contributed by atoms with van der Waals surface area (Å²) in [7, 11) is 0. The van der Waals surface area contributed by atoms with E-state index < -0.39 is 0 Å². The summed E-state index contributed by atoms with van der Waals surface area (Å²) in [6.07, 6.45) is 2.63. The van der Waals surface area contributed by atoms with E-state index in [9.17, 15) is 10.2 Å². The first-order valence-electron chi connectivity index (χ1n) is 8.17. The van der Waals surface area contributed by atoms with Gasteiger partial charge in [0.15, 0.2) is 0 Å². The molecule has 4 nitrogen and oxygen atoms in total. The Hall–Kier alpha value is -0.160. The summed E-state index contributed by atoms with van der Waals surface area (Å²) in [6.45, 7) is 11.5. The van der Waals surface area contributed by atoms with Gasteiger partial charge in [-0.15, -0.1) is 0 Å². The molecule has 4 unspecified atom stereocenters. The minimum absolute atomic E-state index is 0.254. The molecule has 116 valence electrons. The Morgan fingerprint density at radius 1 is 1.00 bits per heavy atom. The zero-order valence-corrected chi connectivity index (χ0v) is 13.2. The maximum Gasteiger partial charge on any atom is 0.0558 e. The lowest BCUT2D eigenvalue weighted by molar-refractivity contribution is -0.0473. The number of aliphatic hydroxyl groups is 2. The maximum atomic E-state index is 9.40. The van der Waals surface area contributed by atoms with E-state index in [2.05, 4.69) is 30.6 Å². The molecular formula is C16H30N2O2. The van der Waals surface area contributed by atoms with Gasteiger partial charge in [0.1, 0.15) is 0 Å². The molecule has 2 aliphatic carbocycles. The van der Waals surface area contributed by atoms with Gasteiger partial charge in [-0.25, -0.2) is 0 Å². The molecule has 0 aromatic rings. The number of β-amino-alcohol motifs (C(OH)–C–C–N with tert-alkyl or cyclic N) is 2. The molecule has 2 N–H and O–H groups in total. The zero-order chi connectivity index (χ0) is 14.5. The van der Waals surface area contributed by atoms with Crippen molar-refractivity contribution in [3.63, 3.8) is 0 Å². The Kier molecular flexibility index (Phi) is 3.65. The van der Waals surface area contributed by atoms with E-state index in [1.54, 1.807) is 0 Å². The summed E-state index contributed by atoms with van der Waals surface area (Å²) in [6, 6.07) is 1.11. The van der Waals surface area contributed by atoms with Crippen molar-refractivity contribution in [1.29, 1.82) is 0 Å². The minimum Gasteiger partial charge on any atom is -0.395 e. The van der Waals surface area contributed by atoms with Crippen LogP contribution in [0.15, 0.2) is 0 Å². The monoisotopic (exact) mass is 282 g/mol. The van der Waals surface area contributed by atoms with Gasteiger partial charge in [-0.1, -0.05) is 20.8 Å². The Morgan fingerprint density at radius 2 is 1.60 bits per heavy atom. The molecule has 0 aromatic heterocycles. The third-order valence-corrected chi connectivity index (χ3v) is 7.03. The first kappa shape index (κ1) is 14.8. The van der Waals surface area contributed by atoms with Crippen molar-refractivity contribution in [2.75, 3.05) is 39.4 Å². The molecule has 20 heavy (non-hydrogen) atoms. The van der Waals surface area contributed by atoms with Crippen LogP contribution in [0.2, 0.25) is 0 Å². The summed E-state index contributed by atoms with van der Waals surface area (Å²) < 4.78 is 0. The highest BCUT2D eigenvalue weighted by molar-refractivity contribution is 5.21. The second-order valence-corrected chi connectivity index (χ2v) is 7.74. The van der Waals surface area contributed by atoms with Gasteiger partial charge in [-0.05, 0) is 29.6 Å². The SMILES string of the molecule is CC1(C)C2CCC1(C)C1C2N(CCO)CCN1CCO. The van der Waals surface area contributed by atoms with E-state index in [1.807, 2.05) is 0 Å². The molecule has 0 aromatic carbocycles. The van der Waals surface area contributed by atoms with E-state index in [-0.39, 0.29) is 13.2 Å². The van der Waals surface area contributed by atoms with Crippen LogP contribution < -0.4 is 0 Å². The summed E-state index contributed by atoms with van der Waals surface area (Å²) >= 11 is 0. The van der Waals surface area contributed by atoms with E-state index >= 15 is 0 Å². The van der Waals surface area contributed by atoms with Crippen molar-refractivity contribution in [3.05, 3.63) is 0 Å². The number of rotatable bonds is 4. The van der Waals surface area contributed by atoms with Crippen LogP contribution in [0.25, 0.3) is 0 Å². The van der Waals surface area contributed by atoms with Crippen molar-refractivity contribution in [3.8, 4) is 0 Å². The molecule has 1 aliphatic heterocycles. The van der Waals surface area contributed by atoms with Crippen molar-refractivity contribution in [2.24, 2.45) is 16.7 Å². The molecule has 1 saturated heterocycles. The second-order valence-electron chi connectivity index (χ2n) is 7.74. The van der Waals surface area contributed by atoms with Crippen LogP contribution in [0.4, 0.5) is 0 Å². The summed E-state index contributed by atoms with van der Waals surface area (Å²) in [5, 5.41) is 18.8. The normalized spacial score (nSPS) is 44.0. The lowest BCUT2D eigenvalue weighted by Gasteiger charge is -2.52. The van der Waals surface area contributed by atoms with Gasteiger partial charge in [-0.2, -0.15) is 0 Å². The van der Waals surface area contributed by atoms with Crippen molar-refractivity contribution >= 4 is 0 Å². The predicted molar refractivity (Wildman–Crippen MR) is 79.5 cm³/mol. The molecule has 0 spiro atoms. The first-order chi connectivity index (χ1) is 9.47. The number of hydrogen-bond donors (Lipinski definition) is 2. The van der Waals surface area contributed by atoms with E-state index in [4.69, 9.17) is 0 Å². The Labute approximate surface area is 122 Å². The van der Waals surface area contributed by atoms with E-state index in [0.717, 1.165) is 32.1 Å². The van der Waals surface area contributed by atoms with Crippen LogP contribution in [0, 0.1) is 16.7 Å². The second kappa shape index (κ2) is 4.94. The highest BCUT2D eigenvalue weighted by atomic mass is 16.3. The van der Waals surface area contributed by atoms with Crippen molar-refractivity contribution in [2.45, 2.75) is 45.7 Å². The van der Waals surface area contributed by atoms with Gasteiger partial charge >= 0.3 is 0 Å². The first-order valence-corrected chi connectivity index (χ1v) is 8.17. The fourth-order valence-electron chi connectivity index (χ4n) is 5.67. The minimum atomic E-state index is 0.254. The lowest BCUT2D eigenvalue weighted by atomic mass is 9.68. The molecule has 2 saturated carbocycles. The van der Waals surface area contributed by atoms with Gasteiger partial charge in [0.2, 0.25) is 0 Å². The average molecular weight is 282 g/mol. The van der Waals surface area contributed by atoms with Crippen LogP contribution in [0.1, 0.15) is 33.6 Å². The molecule has 2 bridgehead atoms. The van der Waals surface area contributed by atoms with E-state index in [1.165, 1.54) is 12.8 Å². The topological polar surface area (TPSA) is 46.9 Å². The average Bonchev–Trinajstić information content (AvgIpc) is 2.73. The number of hydrogen-bond acceptors (Lipinski definition) is 4. The van der Waals surface area contributed by atoms with Gasteiger partial charge in [0.25, 0.3) is 0 Å². The molecule has 3 aliphatic rings. The standard InChI is InChI=1S/C16H30N2O2/c1-15(2)12-4-5-16(15,3)14-13(12)17(8-10-19)6-7-18(14)9-11-20/h12-14,19-20H,4-11H2,1-3H3. The molecule has 4 atom stereocenters. The van der Waals surface area contributed by atoms with Crippen molar-refractivity contribution in [1.82, 2.24) is 9.80 Å². The summed E-state index contributed by atoms with van der Waals surface area (Å²) in [5.74, 6) is 0.727. The molecule has 0 amide bonds. The number of fused-ring (bicyclic) bond motifs is 5. The quantitative estimate of drug-likeness (QED) is 0.800. The lowest BCUT2D eigenvalue weighted by Crippen LogP contribution is -2.64. The maximum absolute atomic E-state index is 9.40. The Bertz CT molecular complexity index is 373. The zero-order valence-electron chi connectivity index (χ0n) is 13.2. The Morgan fingerprint density at radius 3 is 2.25 bits per heavy atom. The smallest absolute Gasteiger partial charge is 0.0558 e. The third-order valence-electron chi connectivity index (χ3n) is 7.03. The van der Waals surface area contributed by atoms with Crippen LogP contribution in [0.3, 0.4) is 0 Å². The highest BCUT2D eigenvalue weighted by Crippen LogP contribution is 2.68. The number of piperazine rings is 1. The van der Waals surface area contributed by atoms with Crippen LogP contribution in [-0.4, -0.2) is 71.5 Å². The Balaban J connectivity index is 1.95. The number of nitrogens with zero attached hydrogens (tertiary/aromatic N) is 2. The fraction of sp³-hybridized carbons (Fsp3) is 1.00. The largest absolute Gasteiger partial charge is 0.395 e. The fourth-order valence-corrected chi connectivity index (χ4v) is 5.67. The molecule has 3 fully saturated rings.